The number of amides is 2. The summed E-state index contributed by atoms with van der Waals surface area (Å²) in [5.41, 5.74) is 1.98. The van der Waals surface area contributed by atoms with E-state index in [1.54, 1.807) is 6.07 Å². The molecule has 1 N–H and O–H groups in total. The van der Waals surface area contributed by atoms with Gasteiger partial charge in [-0.2, -0.15) is 0 Å². The van der Waals surface area contributed by atoms with Crippen LogP contribution in [0.1, 0.15) is 12.0 Å². The summed E-state index contributed by atoms with van der Waals surface area (Å²) in [7, 11) is 0. The van der Waals surface area contributed by atoms with Crippen LogP contribution in [-0.4, -0.2) is 49.4 Å². The predicted molar refractivity (Wildman–Crippen MR) is 108 cm³/mol. The van der Waals surface area contributed by atoms with Gasteiger partial charge in [-0.05, 0) is 23.8 Å². The van der Waals surface area contributed by atoms with Crippen molar-refractivity contribution in [3.05, 3.63) is 65.2 Å². The third kappa shape index (κ3) is 5.47. The van der Waals surface area contributed by atoms with E-state index in [0.717, 1.165) is 18.7 Å². The van der Waals surface area contributed by atoms with Crippen LogP contribution in [0.15, 0.2) is 54.6 Å². The van der Waals surface area contributed by atoms with E-state index in [1.165, 1.54) is 5.69 Å². The van der Waals surface area contributed by atoms with Gasteiger partial charge in [-0.15, -0.1) is 0 Å². The highest BCUT2D eigenvalue weighted by Crippen LogP contribution is 2.16. The Labute approximate surface area is 164 Å². The average molecular weight is 386 g/mol. The normalized spacial score (nSPS) is 14.1. The first-order chi connectivity index (χ1) is 13.1. The van der Waals surface area contributed by atoms with Gasteiger partial charge >= 0.3 is 0 Å². The summed E-state index contributed by atoms with van der Waals surface area (Å²) in [6.07, 6.45) is 0.545. The molecule has 6 heteroatoms. The molecule has 0 aliphatic carbocycles. The van der Waals surface area contributed by atoms with Crippen LogP contribution in [0.5, 0.6) is 0 Å². The van der Waals surface area contributed by atoms with E-state index in [4.69, 9.17) is 11.6 Å². The first-order valence-electron chi connectivity index (χ1n) is 9.21. The fraction of sp³-hybridized carbons (Fsp3) is 0.333. The minimum absolute atomic E-state index is 0.0840. The van der Waals surface area contributed by atoms with Crippen molar-refractivity contribution < 1.29 is 9.59 Å². The van der Waals surface area contributed by atoms with Gasteiger partial charge in [0.25, 0.3) is 0 Å². The molecule has 0 unspecified atom stereocenters. The highest BCUT2D eigenvalue weighted by atomic mass is 35.5. The quantitative estimate of drug-likeness (QED) is 0.831. The molecule has 27 heavy (non-hydrogen) atoms. The smallest absolute Gasteiger partial charge is 0.224 e. The number of hydrogen-bond donors (Lipinski definition) is 1. The molecule has 2 aromatic rings. The predicted octanol–water partition coefficient (Wildman–Crippen LogP) is 2.74. The fourth-order valence-electron chi connectivity index (χ4n) is 3.20. The van der Waals surface area contributed by atoms with E-state index in [9.17, 15) is 9.59 Å². The van der Waals surface area contributed by atoms with E-state index in [0.29, 0.717) is 31.1 Å². The summed E-state index contributed by atoms with van der Waals surface area (Å²) in [6.45, 7) is 3.42. The van der Waals surface area contributed by atoms with Crippen LogP contribution in [0.3, 0.4) is 0 Å². The van der Waals surface area contributed by atoms with Crippen molar-refractivity contribution in [1.82, 2.24) is 10.2 Å². The molecule has 0 aromatic heterocycles. The first kappa shape index (κ1) is 19.2. The van der Waals surface area contributed by atoms with Crippen LogP contribution in [0.4, 0.5) is 5.69 Å². The summed E-state index contributed by atoms with van der Waals surface area (Å²) in [6, 6.07) is 17.5. The number of nitrogens with zero attached hydrogens (tertiary/aromatic N) is 2. The van der Waals surface area contributed by atoms with Crippen molar-refractivity contribution in [3.63, 3.8) is 0 Å². The Hall–Kier alpha value is -2.53. The molecule has 0 saturated carbocycles. The second kappa shape index (κ2) is 9.42. The zero-order valence-electron chi connectivity index (χ0n) is 15.2. The molecule has 1 fully saturated rings. The molecule has 1 heterocycles. The van der Waals surface area contributed by atoms with Crippen molar-refractivity contribution in [2.75, 3.05) is 37.6 Å². The summed E-state index contributed by atoms with van der Waals surface area (Å²) in [4.78, 5) is 28.6. The van der Waals surface area contributed by atoms with Crippen LogP contribution in [0.2, 0.25) is 5.02 Å². The fourth-order valence-corrected chi connectivity index (χ4v) is 3.40. The summed E-state index contributed by atoms with van der Waals surface area (Å²) < 4.78 is 0. The lowest BCUT2D eigenvalue weighted by Gasteiger charge is -2.36. The number of para-hydroxylation sites is 1. The van der Waals surface area contributed by atoms with Crippen LogP contribution in [0, 0.1) is 0 Å². The molecule has 0 bridgehead atoms. The Bertz CT molecular complexity index is 774. The maximum Gasteiger partial charge on any atom is 0.224 e. The molecule has 142 valence electrons. The second-order valence-corrected chi connectivity index (χ2v) is 6.98. The van der Waals surface area contributed by atoms with Gasteiger partial charge in [0.05, 0.1) is 6.42 Å². The van der Waals surface area contributed by atoms with Crippen molar-refractivity contribution in [2.45, 2.75) is 12.8 Å². The number of piperazine rings is 1. The van der Waals surface area contributed by atoms with Gasteiger partial charge in [0.15, 0.2) is 0 Å². The van der Waals surface area contributed by atoms with Gasteiger partial charge in [0.2, 0.25) is 11.8 Å². The largest absolute Gasteiger partial charge is 0.368 e. The summed E-state index contributed by atoms with van der Waals surface area (Å²) >= 11 is 6.07. The van der Waals surface area contributed by atoms with Gasteiger partial charge in [0, 0.05) is 49.9 Å². The number of rotatable bonds is 6. The molecule has 2 aromatic carbocycles. The van der Waals surface area contributed by atoms with Crippen molar-refractivity contribution in [1.29, 1.82) is 0 Å². The third-order valence-corrected chi connectivity index (χ3v) is 5.09. The molecule has 5 nitrogen and oxygen atoms in total. The molecule has 0 radical (unpaired) electrons. The monoisotopic (exact) mass is 385 g/mol. The highest BCUT2D eigenvalue weighted by molar-refractivity contribution is 6.31. The van der Waals surface area contributed by atoms with Gasteiger partial charge in [-0.25, -0.2) is 0 Å². The van der Waals surface area contributed by atoms with Gasteiger partial charge in [-0.3, -0.25) is 9.59 Å². The van der Waals surface area contributed by atoms with Crippen LogP contribution in [-0.2, 0) is 16.0 Å². The number of carbonyl (C=O) groups is 2. The number of halogens is 1. The Morgan fingerprint density at radius 1 is 0.926 bits per heavy atom. The molecule has 2 amide bonds. The topological polar surface area (TPSA) is 52.7 Å². The average Bonchev–Trinajstić information content (AvgIpc) is 2.70. The molecule has 3 rings (SSSR count). The maximum atomic E-state index is 12.4. The van der Waals surface area contributed by atoms with E-state index in [2.05, 4.69) is 22.3 Å². The third-order valence-electron chi connectivity index (χ3n) is 4.72. The van der Waals surface area contributed by atoms with Crippen LogP contribution in [0.25, 0.3) is 0 Å². The Balaban J connectivity index is 1.37. The van der Waals surface area contributed by atoms with Crippen molar-refractivity contribution in [3.8, 4) is 0 Å². The van der Waals surface area contributed by atoms with Crippen molar-refractivity contribution >= 4 is 29.1 Å². The maximum absolute atomic E-state index is 12.4. The van der Waals surface area contributed by atoms with E-state index in [1.807, 2.05) is 41.3 Å². The zero-order valence-corrected chi connectivity index (χ0v) is 16.0. The lowest BCUT2D eigenvalue weighted by molar-refractivity contribution is -0.131. The van der Waals surface area contributed by atoms with Crippen molar-refractivity contribution in [2.24, 2.45) is 0 Å². The molecule has 0 atom stereocenters. The second-order valence-electron chi connectivity index (χ2n) is 6.57. The minimum atomic E-state index is -0.121. The summed E-state index contributed by atoms with van der Waals surface area (Å²) in [5, 5.41) is 3.39. The number of hydrogen-bond acceptors (Lipinski definition) is 3. The SMILES string of the molecule is O=C(Cc1ccccc1Cl)NCCC(=O)N1CCN(c2ccccc2)CC1. The lowest BCUT2D eigenvalue weighted by Crippen LogP contribution is -2.49. The van der Waals surface area contributed by atoms with E-state index >= 15 is 0 Å². The Kier molecular flexibility index (Phi) is 6.71. The number of benzene rings is 2. The molecule has 1 aliphatic rings. The molecule has 0 spiro atoms. The molecular weight excluding hydrogens is 362 g/mol. The molecular formula is C21H24ClN3O2. The summed E-state index contributed by atoms with van der Waals surface area (Å²) in [5.74, 6) is -0.0365. The molecule has 1 aliphatic heterocycles. The lowest BCUT2D eigenvalue weighted by atomic mass is 10.1. The highest BCUT2D eigenvalue weighted by Gasteiger charge is 2.21. The van der Waals surface area contributed by atoms with E-state index < -0.39 is 0 Å². The Morgan fingerprint density at radius 2 is 1.59 bits per heavy atom. The Morgan fingerprint density at radius 3 is 2.30 bits per heavy atom. The van der Waals surface area contributed by atoms with Crippen LogP contribution < -0.4 is 10.2 Å². The first-order valence-corrected chi connectivity index (χ1v) is 9.59. The van der Waals surface area contributed by atoms with Gasteiger partial charge < -0.3 is 15.1 Å². The molecule has 1 saturated heterocycles. The number of anilines is 1. The van der Waals surface area contributed by atoms with Crippen LogP contribution >= 0.6 is 11.6 Å². The van der Waals surface area contributed by atoms with E-state index in [-0.39, 0.29) is 18.2 Å². The number of carbonyl (C=O) groups excluding carboxylic acids is 2. The van der Waals surface area contributed by atoms with Gasteiger partial charge in [0.1, 0.15) is 0 Å². The zero-order chi connectivity index (χ0) is 19.1. The minimum Gasteiger partial charge on any atom is -0.368 e. The number of nitrogens with one attached hydrogen (secondary N) is 1. The standard InChI is InChI=1S/C21H24ClN3O2/c22-19-9-5-4-6-17(19)16-20(26)23-11-10-21(27)25-14-12-24(13-15-25)18-7-2-1-3-8-18/h1-9H,10-16H2,(H,23,26). The van der Waals surface area contributed by atoms with Gasteiger partial charge in [-0.1, -0.05) is 48.0 Å².